The maximum Gasteiger partial charge on any atom is 0.357 e. The summed E-state index contributed by atoms with van der Waals surface area (Å²) in [5.41, 5.74) is 2.00. The van der Waals surface area contributed by atoms with Crippen molar-refractivity contribution in [3.05, 3.63) is 16.6 Å². The summed E-state index contributed by atoms with van der Waals surface area (Å²) < 4.78 is 4.69. The Bertz CT molecular complexity index is 208. The third-order valence-electron chi connectivity index (χ3n) is 0.917. The van der Waals surface area contributed by atoms with Crippen LogP contribution in [0.15, 0.2) is 10.9 Å². The zero-order valence-electron chi connectivity index (χ0n) is 5.53. The van der Waals surface area contributed by atoms with Gasteiger partial charge in [0.15, 0.2) is 5.69 Å². The van der Waals surface area contributed by atoms with Crippen LogP contribution in [0.3, 0.4) is 0 Å². The fourth-order valence-corrected chi connectivity index (χ4v) is 1.04. The van der Waals surface area contributed by atoms with Gasteiger partial charge in [-0.2, -0.15) is 0 Å². The van der Waals surface area contributed by atoms with E-state index >= 15 is 0 Å². The van der Waals surface area contributed by atoms with E-state index < -0.39 is 0 Å². The second-order valence-corrected chi connectivity index (χ2v) is 2.31. The third kappa shape index (κ3) is 1.54. The molecule has 54 valence electrons. The van der Waals surface area contributed by atoms with Crippen molar-refractivity contribution in [2.75, 3.05) is 6.61 Å². The molecule has 0 atom stereocenters. The monoisotopic (exact) mass is 158 g/mol. The highest BCUT2D eigenvalue weighted by Crippen LogP contribution is 2.01. The van der Waals surface area contributed by atoms with Crippen LogP contribution in [-0.2, 0) is 4.74 Å². The Morgan fingerprint density at radius 1 is 1.90 bits per heavy atom. The zero-order valence-corrected chi connectivity index (χ0v) is 6.35. The molecule has 0 amide bonds. The minimum atomic E-state index is -0.344. The number of hydrogen-bond donors (Lipinski definition) is 0. The van der Waals surface area contributed by atoms with Crippen molar-refractivity contribution in [3.63, 3.8) is 0 Å². The lowest BCUT2D eigenvalue weighted by Crippen LogP contribution is -2.04. The number of aromatic nitrogens is 1. The Balaban J connectivity index is 2.59. The first-order chi connectivity index (χ1) is 4.84. The van der Waals surface area contributed by atoms with Gasteiger partial charge in [0.1, 0.15) is 0 Å². The standard InChI is InChI=1S/C6H7NO2S/c1-2-9-6(8)5-3-10-4-7-5/h3-4H,2H2,1H3/i5+1. The summed E-state index contributed by atoms with van der Waals surface area (Å²) in [5.74, 6) is -0.344. The van der Waals surface area contributed by atoms with Crippen molar-refractivity contribution >= 4 is 17.3 Å². The molecule has 1 aromatic rings. The molecule has 0 fully saturated rings. The van der Waals surface area contributed by atoms with Gasteiger partial charge in [0.25, 0.3) is 0 Å². The first kappa shape index (κ1) is 7.21. The van der Waals surface area contributed by atoms with Crippen molar-refractivity contribution in [3.8, 4) is 0 Å². The molecule has 0 N–H and O–H groups in total. The Kier molecular flexibility index (Phi) is 2.39. The maximum atomic E-state index is 10.8. The molecule has 0 aliphatic rings. The van der Waals surface area contributed by atoms with Gasteiger partial charge in [-0.15, -0.1) is 11.3 Å². The van der Waals surface area contributed by atoms with Crippen LogP contribution in [0.1, 0.15) is 17.4 Å². The second-order valence-electron chi connectivity index (χ2n) is 1.59. The molecule has 0 saturated carbocycles. The predicted molar refractivity (Wildman–Crippen MR) is 38.1 cm³/mol. The third-order valence-corrected chi connectivity index (χ3v) is 1.50. The summed E-state index contributed by atoms with van der Waals surface area (Å²) in [6, 6.07) is 0. The number of carbonyl (C=O) groups excluding carboxylic acids is 1. The number of nitrogens with zero attached hydrogens (tertiary/aromatic N) is 1. The van der Waals surface area contributed by atoms with Crippen LogP contribution in [-0.4, -0.2) is 17.6 Å². The van der Waals surface area contributed by atoms with E-state index in [9.17, 15) is 4.79 Å². The minimum Gasteiger partial charge on any atom is -0.461 e. The largest absolute Gasteiger partial charge is 0.461 e. The van der Waals surface area contributed by atoms with Crippen molar-refractivity contribution in [1.82, 2.24) is 4.98 Å². The molecule has 0 aliphatic carbocycles. The Labute approximate surface area is 62.7 Å². The molecule has 0 saturated heterocycles. The van der Waals surface area contributed by atoms with Crippen molar-refractivity contribution in [2.24, 2.45) is 0 Å². The predicted octanol–water partition coefficient (Wildman–Crippen LogP) is 1.32. The molecule has 0 aromatic carbocycles. The van der Waals surface area contributed by atoms with Crippen LogP contribution in [0.2, 0.25) is 0 Å². The van der Waals surface area contributed by atoms with Crippen molar-refractivity contribution in [1.29, 1.82) is 0 Å². The molecule has 4 heteroatoms. The number of hydrogen-bond acceptors (Lipinski definition) is 4. The molecule has 0 aliphatic heterocycles. The number of carbonyl (C=O) groups is 1. The van der Waals surface area contributed by atoms with Gasteiger partial charge in [0, 0.05) is 5.38 Å². The second kappa shape index (κ2) is 3.31. The van der Waals surface area contributed by atoms with Crippen LogP contribution < -0.4 is 0 Å². The number of ether oxygens (including phenoxy) is 1. The maximum absolute atomic E-state index is 10.8. The molecule has 1 rings (SSSR count). The van der Waals surface area contributed by atoms with Gasteiger partial charge in [0.2, 0.25) is 0 Å². The van der Waals surface area contributed by atoms with E-state index in [0.29, 0.717) is 12.3 Å². The van der Waals surface area contributed by atoms with E-state index in [1.54, 1.807) is 17.8 Å². The first-order valence-corrected chi connectivity index (χ1v) is 3.84. The first-order valence-electron chi connectivity index (χ1n) is 2.90. The Morgan fingerprint density at radius 3 is 3.20 bits per heavy atom. The fraction of sp³-hybridized carbons (Fsp3) is 0.333. The summed E-state index contributed by atoms with van der Waals surface area (Å²) in [7, 11) is 0. The van der Waals surface area contributed by atoms with Crippen LogP contribution in [0.25, 0.3) is 0 Å². The average Bonchev–Trinajstić information content (AvgIpc) is 2.38. The lowest BCUT2D eigenvalue weighted by Gasteiger charge is -1.94. The molecular weight excluding hydrogens is 151 g/mol. The summed E-state index contributed by atoms with van der Waals surface area (Å²) in [6.07, 6.45) is 0. The number of thiazole rings is 1. The number of esters is 1. The molecular formula is C6H7NO2S. The van der Waals surface area contributed by atoms with E-state index in [4.69, 9.17) is 4.74 Å². The molecule has 3 nitrogen and oxygen atoms in total. The van der Waals surface area contributed by atoms with E-state index in [1.165, 1.54) is 11.3 Å². The van der Waals surface area contributed by atoms with Crippen molar-refractivity contribution in [2.45, 2.75) is 6.92 Å². The molecule has 10 heavy (non-hydrogen) atoms. The SMILES string of the molecule is CCOC(=O)[13c]1cscn1. The zero-order chi connectivity index (χ0) is 7.40. The quantitative estimate of drug-likeness (QED) is 0.609. The lowest BCUT2D eigenvalue weighted by molar-refractivity contribution is 0.0520. The van der Waals surface area contributed by atoms with Gasteiger partial charge in [0.05, 0.1) is 12.1 Å². The average molecular weight is 158 g/mol. The summed E-state index contributed by atoms with van der Waals surface area (Å²) in [6.45, 7) is 2.17. The smallest absolute Gasteiger partial charge is 0.357 e. The fourth-order valence-electron chi connectivity index (χ4n) is 0.518. The topological polar surface area (TPSA) is 39.2 Å². The molecule has 0 unspecified atom stereocenters. The van der Waals surface area contributed by atoms with Crippen LogP contribution in [0.4, 0.5) is 0 Å². The molecule has 1 aromatic heterocycles. The van der Waals surface area contributed by atoms with Crippen LogP contribution >= 0.6 is 11.3 Å². The summed E-state index contributed by atoms with van der Waals surface area (Å²) in [4.78, 5) is 14.6. The highest BCUT2D eigenvalue weighted by Gasteiger charge is 2.06. The summed E-state index contributed by atoms with van der Waals surface area (Å²) in [5, 5.41) is 1.66. The van der Waals surface area contributed by atoms with Crippen molar-refractivity contribution < 1.29 is 9.53 Å². The van der Waals surface area contributed by atoms with Gasteiger partial charge in [-0.3, -0.25) is 0 Å². The van der Waals surface area contributed by atoms with E-state index in [0.717, 1.165) is 0 Å². The van der Waals surface area contributed by atoms with E-state index in [-0.39, 0.29) is 5.97 Å². The highest BCUT2D eigenvalue weighted by molar-refractivity contribution is 7.07. The molecule has 0 radical (unpaired) electrons. The molecule has 0 spiro atoms. The highest BCUT2D eigenvalue weighted by atomic mass is 32.1. The van der Waals surface area contributed by atoms with E-state index in [2.05, 4.69) is 4.98 Å². The van der Waals surface area contributed by atoms with Gasteiger partial charge >= 0.3 is 5.97 Å². The van der Waals surface area contributed by atoms with Gasteiger partial charge in [-0.1, -0.05) is 0 Å². The lowest BCUT2D eigenvalue weighted by atomic mass is 10.8. The van der Waals surface area contributed by atoms with Gasteiger partial charge in [-0.05, 0) is 6.92 Å². The minimum absolute atomic E-state index is 0.344. The summed E-state index contributed by atoms with van der Waals surface area (Å²) >= 11 is 1.38. The normalized spacial score (nSPS) is 9.30. The van der Waals surface area contributed by atoms with Gasteiger partial charge < -0.3 is 4.74 Å². The van der Waals surface area contributed by atoms with Crippen LogP contribution in [0.5, 0.6) is 0 Å². The van der Waals surface area contributed by atoms with Gasteiger partial charge in [-0.25, -0.2) is 9.78 Å². The molecule has 0 bridgehead atoms. The Hall–Kier alpha value is -0.900. The number of rotatable bonds is 2. The van der Waals surface area contributed by atoms with Crippen LogP contribution in [0, 0.1) is 0 Å². The van der Waals surface area contributed by atoms with E-state index in [1.807, 2.05) is 0 Å². The molecule has 1 heterocycles. The Morgan fingerprint density at radius 2 is 2.70 bits per heavy atom.